The van der Waals surface area contributed by atoms with Gasteiger partial charge in [0.25, 0.3) is 0 Å². The molecule has 0 heterocycles. The van der Waals surface area contributed by atoms with Gasteiger partial charge in [0.05, 0.1) is 5.56 Å². The second kappa shape index (κ2) is 5.35. The lowest BCUT2D eigenvalue weighted by Crippen LogP contribution is -2.08. The normalized spacial score (nSPS) is 10.8. The Morgan fingerprint density at radius 3 is 2.50 bits per heavy atom. The van der Waals surface area contributed by atoms with Crippen molar-refractivity contribution in [1.82, 2.24) is 0 Å². The van der Waals surface area contributed by atoms with E-state index in [1.165, 1.54) is 6.07 Å². The third kappa shape index (κ3) is 3.53. The SMILES string of the molecule is Fc1ccc(C#CCCBr)cc1C(F)(F)F. The summed E-state index contributed by atoms with van der Waals surface area (Å²) >= 11 is 3.14. The number of rotatable bonds is 1. The Morgan fingerprint density at radius 2 is 1.94 bits per heavy atom. The molecule has 1 rings (SSSR count). The summed E-state index contributed by atoms with van der Waals surface area (Å²) in [4.78, 5) is 0. The van der Waals surface area contributed by atoms with Crippen molar-refractivity contribution in [2.75, 3.05) is 5.33 Å². The minimum atomic E-state index is -4.68. The molecule has 16 heavy (non-hydrogen) atoms. The molecule has 0 N–H and O–H groups in total. The van der Waals surface area contributed by atoms with Crippen LogP contribution in [0.3, 0.4) is 0 Å². The number of alkyl halides is 4. The largest absolute Gasteiger partial charge is 0.419 e. The van der Waals surface area contributed by atoms with Gasteiger partial charge >= 0.3 is 6.18 Å². The fraction of sp³-hybridized carbons (Fsp3) is 0.273. The fourth-order valence-corrected chi connectivity index (χ4v) is 1.23. The van der Waals surface area contributed by atoms with Crippen LogP contribution in [0.15, 0.2) is 18.2 Å². The number of hydrogen-bond donors (Lipinski definition) is 0. The lowest BCUT2D eigenvalue weighted by atomic mass is 10.1. The second-order valence-electron chi connectivity index (χ2n) is 2.93. The first-order valence-corrected chi connectivity index (χ1v) is 5.49. The van der Waals surface area contributed by atoms with Gasteiger partial charge in [0.15, 0.2) is 0 Å². The second-order valence-corrected chi connectivity index (χ2v) is 3.73. The summed E-state index contributed by atoms with van der Waals surface area (Å²) in [6.45, 7) is 0. The lowest BCUT2D eigenvalue weighted by Gasteiger charge is -2.07. The quantitative estimate of drug-likeness (QED) is 0.417. The third-order valence-electron chi connectivity index (χ3n) is 1.72. The molecule has 0 aliphatic carbocycles. The first kappa shape index (κ1) is 13.0. The van der Waals surface area contributed by atoms with Crippen molar-refractivity contribution in [1.29, 1.82) is 0 Å². The molecular weight excluding hydrogens is 288 g/mol. The Bertz CT molecular complexity index is 426. The van der Waals surface area contributed by atoms with Crippen molar-refractivity contribution in [3.05, 3.63) is 35.1 Å². The molecule has 0 radical (unpaired) electrons. The highest BCUT2D eigenvalue weighted by Gasteiger charge is 2.34. The van der Waals surface area contributed by atoms with Gasteiger partial charge in [-0.3, -0.25) is 0 Å². The summed E-state index contributed by atoms with van der Waals surface area (Å²) in [6, 6.07) is 2.73. The number of halogens is 5. The molecule has 0 aromatic heterocycles. The molecule has 0 fully saturated rings. The van der Waals surface area contributed by atoms with E-state index in [0.717, 1.165) is 12.1 Å². The van der Waals surface area contributed by atoms with Crippen LogP contribution in [-0.2, 0) is 6.18 Å². The van der Waals surface area contributed by atoms with E-state index in [2.05, 4.69) is 27.8 Å². The lowest BCUT2D eigenvalue weighted by molar-refractivity contribution is -0.140. The maximum absolute atomic E-state index is 12.9. The molecule has 0 aliphatic rings. The fourth-order valence-electron chi connectivity index (χ4n) is 1.03. The first-order valence-electron chi connectivity index (χ1n) is 4.36. The molecule has 0 saturated carbocycles. The minimum absolute atomic E-state index is 0.162. The van der Waals surface area contributed by atoms with Gasteiger partial charge in [0.2, 0.25) is 0 Å². The Labute approximate surface area is 98.8 Å². The molecule has 0 aliphatic heterocycles. The van der Waals surface area contributed by atoms with E-state index in [1.807, 2.05) is 0 Å². The molecule has 86 valence electrons. The number of benzene rings is 1. The summed E-state index contributed by atoms with van der Waals surface area (Å²) in [6.07, 6.45) is -4.16. The van der Waals surface area contributed by atoms with Gasteiger partial charge in [0, 0.05) is 17.3 Å². The van der Waals surface area contributed by atoms with E-state index in [4.69, 9.17) is 0 Å². The van der Waals surface area contributed by atoms with E-state index in [1.54, 1.807) is 0 Å². The molecule has 1 aromatic carbocycles. The van der Waals surface area contributed by atoms with Gasteiger partial charge in [0.1, 0.15) is 5.82 Å². The molecule has 0 nitrogen and oxygen atoms in total. The van der Waals surface area contributed by atoms with Gasteiger partial charge in [-0.2, -0.15) is 13.2 Å². The van der Waals surface area contributed by atoms with Gasteiger partial charge < -0.3 is 0 Å². The van der Waals surface area contributed by atoms with Crippen molar-refractivity contribution in [3.8, 4) is 11.8 Å². The van der Waals surface area contributed by atoms with Gasteiger partial charge in [-0.05, 0) is 18.2 Å². The van der Waals surface area contributed by atoms with Crippen LogP contribution < -0.4 is 0 Å². The molecule has 0 spiro atoms. The Hall–Kier alpha value is -1.02. The molecular formula is C11H7BrF4. The summed E-state index contributed by atoms with van der Waals surface area (Å²) < 4.78 is 49.8. The van der Waals surface area contributed by atoms with Gasteiger partial charge in [-0.1, -0.05) is 27.8 Å². The highest BCUT2D eigenvalue weighted by molar-refractivity contribution is 9.09. The molecule has 0 amide bonds. The Balaban J connectivity index is 3.05. The first-order chi connectivity index (χ1) is 7.45. The molecule has 0 bridgehead atoms. The minimum Gasteiger partial charge on any atom is -0.206 e. The molecule has 0 saturated heterocycles. The van der Waals surface area contributed by atoms with Crippen molar-refractivity contribution in [2.45, 2.75) is 12.6 Å². The highest BCUT2D eigenvalue weighted by Crippen LogP contribution is 2.31. The van der Waals surface area contributed by atoms with Crippen LogP contribution >= 0.6 is 15.9 Å². The molecule has 1 aromatic rings. The van der Waals surface area contributed by atoms with Crippen LogP contribution in [0.2, 0.25) is 0 Å². The summed E-state index contributed by atoms with van der Waals surface area (Å²) in [7, 11) is 0. The average Bonchev–Trinajstić information content (AvgIpc) is 2.19. The smallest absolute Gasteiger partial charge is 0.206 e. The molecule has 0 unspecified atom stereocenters. The van der Waals surface area contributed by atoms with Gasteiger partial charge in [-0.25, -0.2) is 4.39 Å². The maximum atomic E-state index is 12.9. The molecule has 0 atom stereocenters. The third-order valence-corrected chi connectivity index (χ3v) is 2.12. The maximum Gasteiger partial charge on any atom is 0.419 e. The summed E-state index contributed by atoms with van der Waals surface area (Å²) in [5, 5.41) is 0.646. The Kier molecular flexibility index (Phi) is 4.36. The van der Waals surface area contributed by atoms with E-state index >= 15 is 0 Å². The van der Waals surface area contributed by atoms with E-state index in [9.17, 15) is 17.6 Å². The number of hydrogen-bond acceptors (Lipinski definition) is 0. The van der Waals surface area contributed by atoms with Crippen LogP contribution in [0.25, 0.3) is 0 Å². The topological polar surface area (TPSA) is 0 Å². The Morgan fingerprint density at radius 1 is 1.25 bits per heavy atom. The zero-order valence-electron chi connectivity index (χ0n) is 8.04. The zero-order valence-corrected chi connectivity index (χ0v) is 9.62. The van der Waals surface area contributed by atoms with Crippen LogP contribution in [0.1, 0.15) is 17.5 Å². The van der Waals surface area contributed by atoms with Crippen molar-refractivity contribution in [3.63, 3.8) is 0 Å². The van der Waals surface area contributed by atoms with Crippen LogP contribution in [-0.4, -0.2) is 5.33 Å². The standard InChI is InChI=1S/C11H7BrF4/c12-6-2-1-3-8-4-5-10(13)9(7-8)11(14,15)16/h4-5,7H,2,6H2. The zero-order chi connectivity index (χ0) is 12.2. The van der Waals surface area contributed by atoms with Crippen molar-refractivity contribution >= 4 is 15.9 Å². The van der Waals surface area contributed by atoms with Crippen LogP contribution in [0.5, 0.6) is 0 Å². The van der Waals surface area contributed by atoms with Crippen molar-refractivity contribution < 1.29 is 17.6 Å². The predicted octanol–water partition coefficient (Wildman–Crippen LogP) is 3.98. The van der Waals surface area contributed by atoms with E-state index in [-0.39, 0.29) is 5.56 Å². The van der Waals surface area contributed by atoms with E-state index in [0.29, 0.717) is 11.8 Å². The summed E-state index contributed by atoms with van der Waals surface area (Å²) in [5.74, 6) is 3.92. The highest BCUT2D eigenvalue weighted by atomic mass is 79.9. The predicted molar refractivity (Wildman–Crippen MR) is 56.7 cm³/mol. The average molecular weight is 295 g/mol. The van der Waals surface area contributed by atoms with E-state index < -0.39 is 17.6 Å². The van der Waals surface area contributed by atoms with Crippen LogP contribution in [0, 0.1) is 17.7 Å². The van der Waals surface area contributed by atoms with Crippen LogP contribution in [0.4, 0.5) is 17.6 Å². The monoisotopic (exact) mass is 294 g/mol. The van der Waals surface area contributed by atoms with Crippen molar-refractivity contribution in [2.24, 2.45) is 0 Å². The molecule has 5 heteroatoms. The van der Waals surface area contributed by atoms with Gasteiger partial charge in [-0.15, -0.1) is 0 Å². The summed E-state index contributed by atoms with van der Waals surface area (Å²) in [5.41, 5.74) is -1.12.